The summed E-state index contributed by atoms with van der Waals surface area (Å²) in [4.78, 5) is 38.0. The monoisotopic (exact) mass is 430 g/mol. The van der Waals surface area contributed by atoms with Gasteiger partial charge in [0.25, 0.3) is 0 Å². The van der Waals surface area contributed by atoms with Crippen LogP contribution in [-0.2, 0) is 9.59 Å². The molecule has 1 aliphatic rings. The van der Waals surface area contributed by atoms with Gasteiger partial charge >= 0.3 is 17.8 Å². The molecule has 0 radical (unpaired) electrons. The number of rotatable bonds is 4. The SMILES string of the molecule is Cc1ccc(NC(=O)C(=O)NCC2CCN(C(=O)Nc3ccc(F)cc3)CC2)cc1F. The number of piperidine rings is 1. The molecule has 0 saturated carbocycles. The number of urea groups is 1. The fraction of sp³-hybridized carbons (Fsp3) is 0.318. The first-order valence-corrected chi connectivity index (χ1v) is 9.98. The number of aryl methyl sites for hydroxylation is 1. The highest BCUT2D eigenvalue weighted by molar-refractivity contribution is 6.39. The van der Waals surface area contributed by atoms with Crippen LogP contribution < -0.4 is 16.0 Å². The molecule has 1 aliphatic heterocycles. The van der Waals surface area contributed by atoms with Crippen LogP contribution in [-0.4, -0.2) is 42.4 Å². The van der Waals surface area contributed by atoms with Gasteiger partial charge in [0.15, 0.2) is 0 Å². The molecule has 0 atom stereocenters. The minimum absolute atomic E-state index is 0.128. The van der Waals surface area contributed by atoms with Gasteiger partial charge in [0, 0.05) is 31.0 Å². The molecule has 0 spiro atoms. The zero-order valence-corrected chi connectivity index (χ0v) is 17.1. The lowest BCUT2D eigenvalue weighted by molar-refractivity contribution is -0.136. The van der Waals surface area contributed by atoms with Crippen molar-refractivity contribution in [1.82, 2.24) is 10.2 Å². The van der Waals surface area contributed by atoms with Crippen LogP contribution in [0.2, 0.25) is 0 Å². The first kappa shape index (κ1) is 22.2. The lowest BCUT2D eigenvalue weighted by Gasteiger charge is -2.32. The van der Waals surface area contributed by atoms with Gasteiger partial charge in [0.1, 0.15) is 11.6 Å². The molecule has 0 unspecified atom stereocenters. The fourth-order valence-corrected chi connectivity index (χ4v) is 3.25. The van der Waals surface area contributed by atoms with Crippen LogP contribution in [0.5, 0.6) is 0 Å². The predicted molar refractivity (Wildman–Crippen MR) is 112 cm³/mol. The number of anilines is 2. The van der Waals surface area contributed by atoms with Crippen LogP contribution in [0, 0.1) is 24.5 Å². The number of likely N-dealkylation sites (tertiary alicyclic amines) is 1. The maximum atomic E-state index is 13.5. The minimum Gasteiger partial charge on any atom is -0.348 e. The van der Waals surface area contributed by atoms with Crippen molar-refractivity contribution in [3.05, 3.63) is 59.7 Å². The van der Waals surface area contributed by atoms with Crippen LogP contribution in [0.15, 0.2) is 42.5 Å². The summed E-state index contributed by atoms with van der Waals surface area (Å²) in [5.41, 5.74) is 1.17. The average molecular weight is 430 g/mol. The number of carbonyl (C=O) groups excluding carboxylic acids is 3. The van der Waals surface area contributed by atoms with Crippen molar-refractivity contribution in [3.63, 3.8) is 0 Å². The number of nitrogens with one attached hydrogen (secondary N) is 3. The summed E-state index contributed by atoms with van der Waals surface area (Å²) < 4.78 is 26.5. The predicted octanol–water partition coefficient (Wildman–Crippen LogP) is 3.27. The Kier molecular flexibility index (Phi) is 7.17. The second-order valence-electron chi connectivity index (χ2n) is 7.50. The summed E-state index contributed by atoms with van der Waals surface area (Å²) >= 11 is 0. The van der Waals surface area contributed by atoms with Gasteiger partial charge in [0.05, 0.1) is 0 Å². The first-order chi connectivity index (χ1) is 14.8. The van der Waals surface area contributed by atoms with E-state index in [1.54, 1.807) is 11.8 Å². The van der Waals surface area contributed by atoms with Crippen molar-refractivity contribution in [3.8, 4) is 0 Å². The summed E-state index contributed by atoms with van der Waals surface area (Å²) in [7, 11) is 0. The Labute approximate surface area is 178 Å². The molecule has 3 N–H and O–H groups in total. The Hall–Kier alpha value is -3.49. The molecule has 3 rings (SSSR count). The van der Waals surface area contributed by atoms with Crippen LogP contribution in [0.1, 0.15) is 18.4 Å². The number of amides is 4. The maximum Gasteiger partial charge on any atom is 0.321 e. The fourth-order valence-electron chi connectivity index (χ4n) is 3.25. The molecule has 164 valence electrons. The standard InChI is InChI=1S/C22H24F2N4O3/c1-14-2-5-18(12-19(14)24)26-21(30)20(29)25-13-15-8-10-28(11-9-15)22(31)27-17-6-3-16(23)4-7-17/h2-7,12,15H,8-11,13H2,1H3,(H,25,29)(H,26,30)(H,27,31). The molecule has 1 fully saturated rings. The molecule has 7 nitrogen and oxygen atoms in total. The second-order valence-corrected chi connectivity index (χ2v) is 7.50. The van der Waals surface area contributed by atoms with Crippen molar-refractivity contribution in [2.75, 3.05) is 30.3 Å². The van der Waals surface area contributed by atoms with Gasteiger partial charge in [-0.05, 0) is 67.6 Å². The van der Waals surface area contributed by atoms with Crippen molar-refractivity contribution in [2.45, 2.75) is 19.8 Å². The Morgan fingerprint density at radius 3 is 2.23 bits per heavy atom. The van der Waals surface area contributed by atoms with Gasteiger partial charge in [-0.15, -0.1) is 0 Å². The number of hydrogen-bond donors (Lipinski definition) is 3. The summed E-state index contributed by atoms with van der Waals surface area (Å²) in [5, 5.41) is 7.68. The van der Waals surface area contributed by atoms with Gasteiger partial charge in [-0.2, -0.15) is 0 Å². The molecular weight excluding hydrogens is 406 g/mol. The Morgan fingerprint density at radius 2 is 1.58 bits per heavy atom. The van der Waals surface area contributed by atoms with Crippen LogP contribution in [0.25, 0.3) is 0 Å². The molecule has 9 heteroatoms. The summed E-state index contributed by atoms with van der Waals surface area (Å²) in [6.07, 6.45) is 1.34. The van der Waals surface area contributed by atoms with E-state index < -0.39 is 17.6 Å². The molecular formula is C22H24F2N4O3. The molecule has 31 heavy (non-hydrogen) atoms. The summed E-state index contributed by atoms with van der Waals surface area (Å²) in [6, 6.07) is 9.47. The highest BCUT2D eigenvalue weighted by Crippen LogP contribution is 2.18. The van der Waals surface area contributed by atoms with E-state index in [0.29, 0.717) is 43.7 Å². The van der Waals surface area contributed by atoms with Crippen molar-refractivity contribution < 1.29 is 23.2 Å². The van der Waals surface area contributed by atoms with E-state index in [1.807, 2.05) is 0 Å². The molecule has 0 bridgehead atoms. The van der Waals surface area contributed by atoms with Gasteiger partial charge < -0.3 is 20.9 Å². The van der Waals surface area contributed by atoms with E-state index in [1.165, 1.54) is 36.4 Å². The van der Waals surface area contributed by atoms with E-state index in [0.717, 1.165) is 6.07 Å². The molecule has 1 saturated heterocycles. The molecule has 2 aromatic rings. The molecule has 1 heterocycles. The number of nitrogens with zero attached hydrogens (tertiary/aromatic N) is 1. The Morgan fingerprint density at radius 1 is 0.935 bits per heavy atom. The van der Waals surface area contributed by atoms with Gasteiger partial charge in [-0.25, -0.2) is 13.6 Å². The quantitative estimate of drug-likeness (QED) is 0.651. The smallest absolute Gasteiger partial charge is 0.321 e. The lowest BCUT2D eigenvalue weighted by Crippen LogP contribution is -2.44. The van der Waals surface area contributed by atoms with Crippen LogP contribution in [0.3, 0.4) is 0 Å². The normalized spacial score (nSPS) is 14.1. The topological polar surface area (TPSA) is 90.5 Å². The van der Waals surface area contributed by atoms with Crippen LogP contribution in [0.4, 0.5) is 25.0 Å². The summed E-state index contributed by atoms with van der Waals surface area (Å²) in [6.45, 7) is 2.91. The van der Waals surface area contributed by atoms with Crippen LogP contribution >= 0.6 is 0 Å². The van der Waals surface area contributed by atoms with Crippen molar-refractivity contribution in [1.29, 1.82) is 0 Å². The van der Waals surface area contributed by atoms with E-state index in [2.05, 4.69) is 16.0 Å². The molecule has 4 amide bonds. The summed E-state index contributed by atoms with van der Waals surface area (Å²) in [5.74, 6) is -2.37. The Bertz CT molecular complexity index is 958. The van der Waals surface area contributed by atoms with E-state index >= 15 is 0 Å². The van der Waals surface area contributed by atoms with Crippen molar-refractivity contribution >= 4 is 29.2 Å². The third-order valence-electron chi connectivity index (χ3n) is 5.18. The minimum atomic E-state index is -0.862. The van der Waals surface area contributed by atoms with Gasteiger partial charge in [-0.1, -0.05) is 6.07 Å². The van der Waals surface area contributed by atoms with E-state index in [-0.39, 0.29) is 23.5 Å². The third-order valence-corrected chi connectivity index (χ3v) is 5.18. The Balaban J connectivity index is 1.39. The van der Waals surface area contributed by atoms with Crippen molar-refractivity contribution in [2.24, 2.45) is 5.92 Å². The first-order valence-electron chi connectivity index (χ1n) is 9.98. The van der Waals surface area contributed by atoms with Gasteiger partial charge in [-0.3, -0.25) is 9.59 Å². The number of benzene rings is 2. The number of halogens is 2. The number of carbonyl (C=O) groups is 3. The van der Waals surface area contributed by atoms with E-state index in [9.17, 15) is 23.2 Å². The second kappa shape index (κ2) is 10.0. The molecule has 0 aromatic heterocycles. The molecule has 0 aliphatic carbocycles. The average Bonchev–Trinajstić information content (AvgIpc) is 2.76. The highest BCUT2D eigenvalue weighted by atomic mass is 19.1. The van der Waals surface area contributed by atoms with E-state index in [4.69, 9.17) is 0 Å². The van der Waals surface area contributed by atoms with Gasteiger partial charge in [0.2, 0.25) is 0 Å². The number of hydrogen-bond acceptors (Lipinski definition) is 3. The zero-order valence-electron chi connectivity index (χ0n) is 17.1. The molecule has 2 aromatic carbocycles. The largest absolute Gasteiger partial charge is 0.348 e. The lowest BCUT2D eigenvalue weighted by atomic mass is 9.97. The maximum absolute atomic E-state index is 13.5. The highest BCUT2D eigenvalue weighted by Gasteiger charge is 2.24. The third kappa shape index (κ3) is 6.24. The zero-order chi connectivity index (χ0) is 22.4.